The van der Waals surface area contributed by atoms with Crippen LogP contribution in [0, 0.1) is 6.92 Å². The molecule has 1 atom stereocenters. The van der Waals surface area contributed by atoms with Crippen molar-refractivity contribution in [2.24, 2.45) is 0 Å². The lowest BCUT2D eigenvalue weighted by Crippen LogP contribution is -2.43. The molecule has 1 aromatic carbocycles. The van der Waals surface area contributed by atoms with Gasteiger partial charge in [0.25, 0.3) is 11.5 Å². The van der Waals surface area contributed by atoms with Gasteiger partial charge in [-0.2, -0.15) is 5.10 Å². The van der Waals surface area contributed by atoms with E-state index in [1.54, 1.807) is 11.8 Å². The van der Waals surface area contributed by atoms with Gasteiger partial charge in [0.15, 0.2) is 5.69 Å². The summed E-state index contributed by atoms with van der Waals surface area (Å²) < 4.78 is 5.70. The topological polar surface area (TPSA) is 104 Å². The van der Waals surface area contributed by atoms with Crippen LogP contribution in [0.15, 0.2) is 35.1 Å². The minimum Gasteiger partial charge on any atom is -0.367 e. The first-order chi connectivity index (χ1) is 12.1. The second-order valence-electron chi connectivity index (χ2n) is 6.00. The van der Waals surface area contributed by atoms with E-state index in [-0.39, 0.29) is 11.5 Å². The minimum atomic E-state index is -0.462. The number of para-hydroxylation sites is 1. The largest absolute Gasteiger partial charge is 0.367 e. The van der Waals surface area contributed by atoms with Gasteiger partial charge in [-0.05, 0) is 13.0 Å². The molecule has 1 amide bonds. The molecule has 3 heterocycles. The molecule has 1 saturated heterocycles. The number of carbonyl (C=O) groups excluding carboxylic acids is 1. The van der Waals surface area contributed by atoms with E-state index in [0.29, 0.717) is 36.9 Å². The highest BCUT2D eigenvalue weighted by Crippen LogP contribution is 2.22. The number of benzene rings is 1. The summed E-state index contributed by atoms with van der Waals surface area (Å²) in [7, 11) is 0. The predicted molar refractivity (Wildman–Crippen MR) is 90.3 cm³/mol. The normalized spacial score (nSPS) is 17.8. The van der Waals surface area contributed by atoms with Gasteiger partial charge < -0.3 is 14.6 Å². The molecular formula is C17H17N5O3. The number of carbonyl (C=O) groups is 1. The number of amides is 1. The smallest absolute Gasteiger partial charge is 0.275 e. The molecule has 3 aromatic rings. The Bertz CT molecular complexity index is 993. The second kappa shape index (κ2) is 6.14. The summed E-state index contributed by atoms with van der Waals surface area (Å²) in [6, 6.07) is 8.93. The van der Waals surface area contributed by atoms with Gasteiger partial charge in [0.1, 0.15) is 11.9 Å². The van der Waals surface area contributed by atoms with Crippen molar-refractivity contribution in [2.75, 3.05) is 19.7 Å². The maximum absolute atomic E-state index is 12.9. The lowest BCUT2D eigenvalue weighted by Gasteiger charge is -2.32. The van der Waals surface area contributed by atoms with Gasteiger partial charge in [-0.1, -0.05) is 18.2 Å². The number of nitrogens with zero attached hydrogens (tertiary/aromatic N) is 3. The summed E-state index contributed by atoms with van der Waals surface area (Å²) >= 11 is 0. The number of H-pyrrole nitrogens is 2. The Morgan fingerprint density at radius 2 is 2.20 bits per heavy atom. The van der Waals surface area contributed by atoms with Crippen LogP contribution in [0.5, 0.6) is 0 Å². The van der Waals surface area contributed by atoms with Crippen molar-refractivity contribution in [3.8, 4) is 0 Å². The van der Waals surface area contributed by atoms with Gasteiger partial charge >= 0.3 is 0 Å². The molecule has 128 valence electrons. The number of fused-ring (bicyclic) bond motifs is 1. The van der Waals surface area contributed by atoms with Crippen LogP contribution in [0.1, 0.15) is 28.1 Å². The van der Waals surface area contributed by atoms with Crippen molar-refractivity contribution in [3.63, 3.8) is 0 Å². The molecule has 8 nitrogen and oxygen atoms in total. The number of hydrogen-bond acceptors (Lipinski definition) is 5. The zero-order chi connectivity index (χ0) is 17.4. The first-order valence-corrected chi connectivity index (χ1v) is 8.03. The third-order valence-electron chi connectivity index (χ3n) is 4.22. The molecule has 0 aliphatic carbocycles. The molecule has 8 heteroatoms. The summed E-state index contributed by atoms with van der Waals surface area (Å²) in [6.07, 6.45) is -0.462. The highest BCUT2D eigenvalue weighted by atomic mass is 16.5. The van der Waals surface area contributed by atoms with Crippen LogP contribution < -0.4 is 5.56 Å². The Morgan fingerprint density at radius 1 is 1.36 bits per heavy atom. The maximum Gasteiger partial charge on any atom is 0.275 e. The monoisotopic (exact) mass is 339 g/mol. The fourth-order valence-corrected chi connectivity index (χ4v) is 3.03. The average Bonchev–Trinajstić information content (AvgIpc) is 3.04. The molecule has 1 fully saturated rings. The molecule has 0 radical (unpaired) electrons. The van der Waals surface area contributed by atoms with E-state index in [9.17, 15) is 9.59 Å². The van der Waals surface area contributed by atoms with Crippen molar-refractivity contribution in [1.29, 1.82) is 0 Å². The summed E-state index contributed by atoms with van der Waals surface area (Å²) in [5.41, 5.74) is 1.60. The van der Waals surface area contributed by atoms with Gasteiger partial charge in [0, 0.05) is 23.7 Å². The van der Waals surface area contributed by atoms with E-state index in [0.717, 1.165) is 10.9 Å². The molecule has 1 aliphatic rings. The fraction of sp³-hybridized carbons (Fsp3) is 0.294. The second-order valence-corrected chi connectivity index (χ2v) is 6.00. The Labute approximate surface area is 142 Å². The molecule has 0 saturated carbocycles. The third kappa shape index (κ3) is 2.91. The van der Waals surface area contributed by atoms with Crippen molar-refractivity contribution in [3.05, 3.63) is 57.9 Å². The van der Waals surface area contributed by atoms with Crippen molar-refractivity contribution < 1.29 is 9.53 Å². The molecular weight excluding hydrogens is 322 g/mol. The number of aromatic amines is 2. The molecule has 2 N–H and O–H groups in total. The molecule has 2 aromatic heterocycles. The van der Waals surface area contributed by atoms with Crippen LogP contribution in [0.2, 0.25) is 0 Å². The molecule has 0 unspecified atom stereocenters. The van der Waals surface area contributed by atoms with Gasteiger partial charge in [0.05, 0.1) is 18.7 Å². The third-order valence-corrected chi connectivity index (χ3v) is 4.22. The Hall–Kier alpha value is -3.00. The summed E-state index contributed by atoms with van der Waals surface area (Å²) in [4.78, 5) is 33.2. The molecule has 0 bridgehead atoms. The van der Waals surface area contributed by atoms with E-state index < -0.39 is 6.10 Å². The number of hydrogen-bond donors (Lipinski definition) is 2. The molecule has 4 rings (SSSR count). The fourth-order valence-electron chi connectivity index (χ4n) is 3.03. The summed E-state index contributed by atoms with van der Waals surface area (Å²) in [5, 5.41) is 7.83. The standard InChI is InChI=1S/C17H17N5O3/c1-10-8-14(23)19-16(18-10)13-9-22(6-7-25-13)17(24)15-11-4-2-3-5-12(11)20-21-15/h2-5,8,13H,6-7,9H2,1H3,(H,20,21)(H,18,19,23)/t13-/m0/s1. The van der Waals surface area contributed by atoms with Crippen molar-refractivity contribution in [1.82, 2.24) is 25.1 Å². The number of morpholine rings is 1. The van der Waals surface area contributed by atoms with E-state index in [2.05, 4.69) is 20.2 Å². The number of rotatable bonds is 2. The number of aryl methyl sites for hydroxylation is 1. The number of aromatic nitrogens is 4. The molecule has 25 heavy (non-hydrogen) atoms. The average molecular weight is 339 g/mol. The molecule has 1 aliphatic heterocycles. The van der Waals surface area contributed by atoms with Gasteiger partial charge in [-0.3, -0.25) is 14.7 Å². The van der Waals surface area contributed by atoms with Gasteiger partial charge in [-0.25, -0.2) is 4.98 Å². The van der Waals surface area contributed by atoms with Crippen LogP contribution in [0.4, 0.5) is 0 Å². The van der Waals surface area contributed by atoms with Crippen LogP contribution in [-0.4, -0.2) is 50.7 Å². The van der Waals surface area contributed by atoms with Crippen molar-refractivity contribution in [2.45, 2.75) is 13.0 Å². The van der Waals surface area contributed by atoms with E-state index in [1.165, 1.54) is 6.07 Å². The highest BCUT2D eigenvalue weighted by molar-refractivity contribution is 6.04. The van der Waals surface area contributed by atoms with E-state index >= 15 is 0 Å². The minimum absolute atomic E-state index is 0.166. The van der Waals surface area contributed by atoms with Gasteiger partial charge in [0.2, 0.25) is 0 Å². The van der Waals surface area contributed by atoms with Crippen LogP contribution in [0.25, 0.3) is 10.9 Å². The zero-order valence-corrected chi connectivity index (χ0v) is 13.7. The SMILES string of the molecule is Cc1cc(=O)[nH]c([C@@H]2CN(C(=O)c3n[nH]c4ccccc34)CCO2)n1. The van der Waals surface area contributed by atoms with Gasteiger partial charge in [-0.15, -0.1) is 0 Å². The highest BCUT2D eigenvalue weighted by Gasteiger charge is 2.29. The van der Waals surface area contributed by atoms with E-state index in [4.69, 9.17) is 4.74 Å². The first kappa shape index (κ1) is 15.5. The Balaban J connectivity index is 1.60. The van der Waals surface area contributed by atoms with Crippen molar-refractivity contribution >= 4 is 16.8 Å². The lowest BCUT2D eigenvalue weighted by atomic mass is 10.1. The Kier molecular flexibility index (Phi) is 3.81. The maximum atomic E-state index is 12.9. The lowest BCUT2D eigenvalue weighted by molar-refractivity contribution is -0.0271. The van der Waals surface area contributed by atoms with Crippen LogP contribution >= 0.6 is 0 Å². The molecule has 0 spiro atoms. The first-order valence-electron chi connectivity index (χ1n) is 8.03. The summed E-state index contributed by atoms with van der Waals surface area (Å²) in [6.45, 7) is 2.90. The Morgan fingerprint density at radius 3 is 3.04 bits per heavy atom. The van der Waals surface area contributed by atoms with Crippen LogP contribution in [-0.2, 0) is 4.74 Å². The number of nitrogens with one attached hydrogen (secondary N) is 2. The van der Waals surface area contributed by atoms with E-state index in [1.807, 2.05) is 24.3 Å². The zero-order valence-electron chi connectivity index (χ0n) is 13.7. The van der Waals surface area contributed by atoms with Crippen LogP contribution in [0.3, 0.4) is 0 Å². The number of ether oxygens (including phenoxy) is 1. The quantitative estimate of drug-likeness (QED) is 0.729. The summed E-state index contributed by atoms with van der Waals surface area (Å²) in [5.74, 6) is 0.273. The predicted octanol–water partition coefficient (Wildman–Crippen LogP) is 1.17.